The smallest absolute Gasteiger partial charge is 0.335 e. The third-order valence-electron chi connectivity index (χ3n) is 6.97. The largest absolute Gasteiger partial charge is 0.496 e. The van der Waals surface area contributed by atoms with E-state index in [2.05, 4.69) is 9.88 Å². The van der Waals surface area contributed by atoms with Gasteiger partial charge in [-0.25, -0.2) is 4.79 Å². The highest BCUT2D eigenvalue weighted by Gasteiger charge is 2.32. The predicted molar refractivity (Wildman–Crippen MR) is 128 cm³/mol. The van der Waals surface area contributed by atoms with E-state index in [1.807, 2.05) is 18.2 Å². The third kappa shape index (κ3) is 4.63. The lowest BCUT2D eigenvalue weighted by Gasteiger charge is -2.40. The van der Waals surface area contributed by atoms with Crippen LogP contribution in [0.4, 0.5) is 0 Å². The molecule has 2 aliphatic rings. The van der Waals surface area contributed by atoms with E-state index in [-0.39, 0.29) is 23.3 Å². The Labute approximate surface area is 198 Å². The number of hydrogen-bond donors (Lipinski definition) is 2. The summed E-state index contributed by atoms with van der Waals surface area (Å²) in [5, 5.41) is 10.2. The van der Waals surface area contributed by atoms with Crippen molar-refractivity contribution in [2.75, 3.05) is 20.3 Å². The van der Waals surface area contributed by atoms with Gasteiger partial charge in [-0.15, -0.1) is 0 Å². The molecule has 0 bridgehead atoms. The summed E-state index contributed by atoms with van der Waals surface area (Å²) in [6.45, 7) is -0.0828. The molecule has 1 aromatic heterocycles. The Morgan fingerprint density at radius 2 is 2.06 bits per heavy atom. The number of likely N-dealkylation sites (tertiary alicyclic amines) is 1. The van der Waals surface area contributed by atoms with Crippen LogP contribution < -0.4 is 4.74 Å². The van der Waals surface area contributed by atoms with Crippen molar-refractivity contribution in [2.45, 2.75) is 51.2 Å². The van der Waals surface area contributed by atoms with Crippen LogP contribution in [0.1, 0.15) is 62.9 Å². The Morgan fingerprint density at radius 3 is 2.76 bits per heavy atom. The van der Waals surface area contributed by atoms with Crippen molar-refractivity contribution in [2.24, 2.45) is 5.92 Å². The Bertz CT molecular complexity index is 1230. The summed E-state index contributed by atoms with van der Waals surface area (Å²) in [5.74, 6) is 0.307. The first kappa shape index (κ1) is 18.6. The van der Waals surface area contributed by atoms with Crippen LogP contribution in [-0.4, -0.2) is 47.3 Å². The van der Waals surface area contributed by atoms with Crippen molar-refractivity contribution in [1.82, 2.24) is 9.88 Å². The maximum atomic E-state index is 11.4. The molecule has 1 aliphatic carbocycles. The van der Waals surface area contributed by atoms with E-state index in [1.54, 1.807) is 31.5 Å². The molecule has 0 spiro atoms. The lowest BCUT2D eigenvalue weighted by atomic mass is 9.91. The van der Waals surface area contributed by atoms with E-state index < -0.39 is 12.8 Å². The topological polar surface area (TPSA) is 74.8 Å². The standard InChI is InChI=1S/C27H32N2O4/c1-17-13-25(32-2)23(22-9-11-28-26(17)22)15-29-12-10-21(33-16-18-3-4-18)14-24(29)19-5-7-20(8-6-19)27(30)31/h5-9,11,13,18,21,24,28H,3-4,10,12,14-16H2,1-2H3,(H,30,31)/t21-,24+/m0/s1/i1D3. The fraction of sp³-hybridized carbons (Fsp3) is 0.444. The number of nitrogens with one attached hydrogen (secondary N) is 1. The quantitative estimate of drug-likeness (QED) is 0.485. The summed E-state index contributed by atoms with van der Waals surface area (Å²) in [4.78, 5) is 16.9. The summed E-state index contributed by atoms with van der Waals surface area (Å²) >= 11 is 0. The van der Waals surface area contributed by atoms with E-state index in [0.29, 0.717) is 23.7 Å². The van der Waals surface area contributed by atoms with Gasteiger partial charge in [0, 0.05) is 52.5 Å². The number of H-pyrrole nitrogens is 1. The molecule has 1 aliphatic heterocycles. The van der Waals surface area contributed by atoms with E-state index in [0.717, 1.165) is 42.5 Å². The number of methoxy groups -OCH3 is 1. The fourth-order valence-corrected chi connectivity index (χ4v) is 4.89. The second kappa shape index (κ2) is 9.20. The minimum atomic E-state index is -2.26. The van der Waals surface area contributed by atoms with Gasteiger partial charge in [-0.2, -0.15) is 0 Å². The number of aromatic nitrogens is 1. The first-order valence-electron chi connectivity index (χ1n) is 13.1. The van der Waals surface area contributed by atoms with Crippen LogP contribution in [-0.2, 0) is 11.3 Å². The number of ether oxygens (including phenoxy) is 2. The van der Waals surface area contributed by atoms with Gasteiger partial charge in [0.2, 0.25) is 0 Å². The molecule has 6 nitrogen and oxygen atoms in total. The van der Waals surface area contributed by atoms with E-state index in [9.17, 15) is 9.90 Å². The van der Waals surface area contributed by atoms with Gasteiger partial charge < -0.3 is 19.6 Å². The minimum Gasteiger partial charge on any atom is -0.496 e. The number of rotatable bonds is 8. The van der Waals surface area contributed by atoms with Gasteiger partial charge in [0.15, 0.2) is 0 Å². The third-order valence-corrected chi connectivity index (χ3v) is 6.97. The van der Waals surface area contributed by atoms with Crippen molar-refractivity contribution in [3.05, 3.63) is 64.8 Å². The zero-order chi connectivity index (χ0) is 25.4. The number of nitrogens with zero attached hydrogens (tertiary/aromatic N) is 1. The number of hydrogen-bond acceptors (Lipinski definition) is 4. The van der Waals surface area contributed by atoms with Gasteiger partial charge in [0.25, 0.3) is 0 Å². The van der Waals surface area contributed by atoms with Crippen LogP contribution in [0.3, 0.4) is 0 Å². The first-order chi connectivity index (χ1) is 17.2. The molecular weight excluding hydrogens is 416 g/mol. The number of piperidine rings is 1. The zero-order valence-electron chi connectivity index (χ0n) is 21.8. The highest BCUT2D eigenvalue weighted by Crippen LogP contribution is 2.38. The number of aromatic amines is 1. The molecule has 6 heteroatoms. The number of benzene rings is 2. The highest BCUT2D eigenvalue weighted by atomic mass is 16.5. The molecule has 1 saturated heterocycles. The number of fused-ring (bicyclic) bond motifs is 1. The molecule has 2 aromatic carbocycles. The number of carboxylic acids is 1. The SMILES string of the molecule is [2H]C([2H])([2H])c1cc(OC)c(CN2CC[C@H](OCC3CC3)C[C@@H]2c2ccc(C(=O)O)cc2)c2cc[nH]c12. The van der Waals surface area contributed by atoms with Gasteiger partial charge in [-0.1, -0.05) is 12.1 Å². The summed E-state index contributed by atoms with van der Waals surface area (Å²) in [6, 6.07) is 10.7. The van der Waals surface area contributed by atoms with Crippen molar-refractivity contribution in [1.29, 1.82) is 0 Å². The molecule has 2 heterocycles. The summed E-state index contributed by atoms with van der Waals surface area (Å²) < 4.78 is 35.9. The van der Waals surface area contributed by atoms with Crippen LogP contribution >= 0.6 is 0 Å². The number of aromatic carboxylic acids is 1. The summed E-state index contributed by atoms with van der Waals surface area (Å²) in [5.41, 5.74) is 3.10. The molecule has 0 radical (unpaired) electrons. The molecule has 0 amide bonds. The Kier molecular flexibility index (Phi) is 5.18. The normalized spacial score (nSPS) is 23.1. The number of carbonyl (C=O) groups is 1. The van der Waals surface area contributed by atoms with Gasteiger partial charge >= 0.3 is 5.97 Å². The second-order valence-electron chi connectivity index (χ2n) is 9.21. The first-order valence-corrected chi connectivity index (χ1v) is 11.6. The molecular formula is C27H32N2O4. The minimum absolute atomic E-state index is 0.0341. The van der Waals surface area contributed by atoms with E-state index in [1.165, 1.54) is 12.8 Å². The van der Waals surface area contributed by atoms with Crippen molar-refractivity contribution >= 4 is 16.9 Å². The molecule has 33 heavy (non-hydrogen) atoms. The van der Waals surface area contributed by atoms with Crippen LogP contribution in [0.5, 0.6) is 5.75 Å². The fourth-order valence-electron chi connectivity index (χ4n) is 4.89. The molecule has 5 rings (SSSR count). The lowest BCUT2D eigenvalue weighted by Crippen LogP contribution is -2.39. The van der Waals surface area contributed by atoms with Gasteiger partial charge in [0.1, 0.15) is 5.75 Å². The Morgan fingerprint density at radius 1 is 1.24 bits per heavy atom. The van der Waals surface area contributed by atoms with Crippen molar-refractivity contribution in [3.63, 3.8) is 0 Å². The molecule has 3 aromatic rings. The summed E-state index contributed by atoms with van der Waals surface area (Å²) in [6.07, 6.45) is 6.13. The van der Waals surface area contributed by atoms with Crippen LogP contribution in [0.15, 0.2) is 42.6 Å². The number of aryl methyl sites for hydroxylation is 1. The van der Waals surface area contributed by atoms with Crippen molar-refractivity contribution < 1.29 is 23.5 Å². The Balaban J connectivity index is 1.47. The van der Waals surface area contributed by atoms with Crippen LogP contribution in [0.25, 0.3) is 10.9 Å². The average molecular weight is 452 g/mol. The predicted octanol–water partition coefficient (Wildman–Crippen LogP) is 5.32. The monoisotopic (exact) mass is 451 g/mol. The van der Waals surface area contributed by atoms with Gasteiger partial charge in [-0.3, -0.25) is 4.90 Å². The maximum absolute atomic E-state index is 11.4. The zero-order valence-corrected chi connectivity index (χ0v) is 18.8. The summed E-state index contributed by atoms with van der Waals surface area (Å²) in [7, 11) is 1.57. The molecule has 174 valence electrons. The van der Waals surface area contributed by atoms with E-state index in [4.69, 9.17) is 13.6 Å². The van der Waals surface area contributed by atoms with Gasteiger partial charge in [-0.05, 0) is 73.8 Å². The Hall–Kier alpha value is -2.83. The van der Waals surface area contributed by atoms with Crippen LogP contribution in [0, 0.1) is 12.8 Å². The molecule has 2 atom stereocenters. The lowest BCUT2D eigenvalue weighted by molar-refractivity contribution is -0.0229. The molecule has 1 saturated carbocycles. The highest BCUT2D eigenvalue weighted by molar-refractivity contribution is 5.88. The van der Waals surface area contributed by atoms with Gasteiger partial charge in [0.05, 0.1) is 18.8 Å². The number of carboxylic acid groups (broad SMARTS) is 1. The van der Waals surface area contributed by atoms with E-state index >= 15 is 0 Å². The van der Waals surface area contributed by atoms with Crippen molar-refractivity contribution in [3.8, 4) is 5.75 Å². The molecule has 2 N–H and O–H groups in total. The van der Waals surface area contributed by atoms with Crippen LogP contribution in [0.2, 0.25) is 0 Å². The molecule has 2 fully saturated rings. The maximum Gasteiger partial charge on any atom is 0.335 e. The second-order valence-corrected chi connectivity index (χ2v) is 9.21. The average Bonchev–Trinajstić information content (AvgIpc) is 3.56. The molecule has 0 unspecified atom stereocenters.